The van der Waals surface area contributed by atoms with Crippen molar-refractivity contribution < 1.29 is 24.2 Å². The monoisotopic (exact) mass is 356 g/mol. The van der Waals surface area contributed by atoms with Crippen LogP contribution in [0.25, 0.3) is 0 Å². The fourth-order valence-electron chi connectivity index (χ4n) is 2.21. The molecule has 1 aromatic carbocycles. The van der Waals surface area contributed by atoms with E-state index in [0.717, 1.165) is 0 Å². The minimum absolute atomic E-state index is 0.00427. The number of aryl methyl sites for hydroxylation is 1. The molecular weight excluding hydrogens is 347 g/mol. The van der Waals surface area contributed by atoms with Gasteiger partial charge in [0.05, 0.1) is 5.02 Å². The molecule has 2 heterocycles. The quantitative estimate of drug-likeness (QED) is 0.846. The van der Waals surface area contributed by atoms with E-state index in [1.54, 1.807) is 6.07 Å². The SMILES string of the molecule is CCn1nccc1C(=O)c1cc2c(c(Cl)c1Cl)OC(C(=O)O)O2. The second-order valence-electron chi connectivity index (χ2n) is 4.65. The van der Waals surface area contributed by atoms with Gasteiger partial charge in [0, 0.05) is 18.3 Å². The van der Waals surface area contributed by atoms with Gasteiger partial charge in [-0.2, -0.15) is 5.10 Å². The van der Waals surface area contributed by atoms with Gasteiger partial charge in [0.1, 0.15) is 10.7 Å². The number of hydrogen-bond acceptors (Lipinski definition) is 5. The number of halogens is 2. The molecule has 1 N–H and O–H groups in total. The summed E-state index contributed by atoms with van der Waals surface area (Å²) >= 11 is 12.2. The molecule has 0 aliphatic carbocycles. The lowest BCUT2D eigenvalue weighted by atomic mass is 10.1. The van der Waals surface area contributed by atoms with E-state index in [4.69, 9.17) is 37.8 Å². The summed E-state index contributed by atoms with van der Waals surface area (Å²) in [4.78, 5) is 23.6. The summed E-state index contributed by atoms with van der Waals surface area (Å²) in [6.07, 6.45) is -0.0234. The van der Waals surface area contributed by atoms with Gasteiger partial charge in [-0.1, -0.05) is 23.2 Å². The molecule has 7 nitrogen and oxygen atoms in total. The zero-order chi connectivity index (χ0) is 16.7. The first-order valence-electron chi connectivity index (χ1n) is 6.58. The first-order valence-corrected chi connectivity index (χ1v) is 7.34. The molecule has 1 atom stereocenters. The number of ketones is 1. The molecule has 1 unspecified atom stereocenters. The van der Waals surface area contributed by atoms with Crippen LogP contribution in [-0.4, -0.2) is 32.9 Å². The van der Waals surface area contributed by atoms with E-state index in [-0.39, 0.29) is 27.1 Å². The number of fused-ring (bicyclic) bond motifs is 1. The van der Waals surface area contributed by atoms with Crippen LogP contribution in [0.15, 0.2) is 18.3 Å². The van der Waals surface area contributed by atoms with Crippen molar-refractivity contribution in [1.82, 2.24) is 9.78 Å². The molecule has 0 bridgehead atoms. The van der Waals surface area contributed by atoms with Crippen molar-refractivity contribution in [2.75, 3.05) is 0 Å². The topological polar surface area (TPSA) is 90.7 Å². The van der Waals surface area contributed by atoms with Crippen molar-refractivity contribution in [2.45, 2.75) is 19.8 Å². The highest BCUT2D eigenvalue weighted by Gasteiger charge is 2.35. The zero-order valence-electron chi connectivity index (χ0n) is 11.7. The van der Waals surface area contributed by atoms with Crippen molar-refractivity contribution in [3.05, 3.63) is 39.6 Å². The minimum atomic E-state index is -1.52. The van der Waals surface area contributed by atoms with Crippen LogP contribution in [0.2, 0.25) is 10.0 Å². The predicted molar refractivity (Wildman–Crippen MR) is 80.5 cm³/mol. The number of carboxylic acid groups (broad SMARTS) is 1. The summed E-state index contributed by atoms with van der Waals surface area (Å²) in [6, 6.07) is 2.88. The number of ether oxygens (including phenoxy) is 2. The van der Waals surface area contributed by atoms with Crippen molar-refractivity contribution in [3.8, 4) is 11.5 Å². The van der Waals surface area contributed by atoms with Gasteiger partial charge in [0.25, 0.3) is 0 Å². The highest BCUT2D eigenvalue weighted by molar-refractivity contribution is 6.45. The maximum absolute atomic E-state index is 12.7. The van der Waals surface area contributed by atoms with E-state index in [9.17, 15) is 9.59 Å². The standard InChI is InChI=1S/C14H10Cl2N2O5/c1-2-18-7(3-4-17-18)11(19)6-5-8-12(10(16)9(6)15)23-14(22-8)13(20)21/h3-5,14H,2H2,1H3,(H,20,21). The normalized spacial score (nSPS) is 15.7. The molecule has 23 heavy (non-hydrogen) atoms. The Hall–Kier alpha value is -2.25. The number of carbonyl (C=O) groups excluding carboxylic acids is 1. The Morgan fingerprint density at radius 3 is 2.74 bits per heavy atom. The van der Waals surface area contributed by atoms with E-state index in [1.165, 1.54) is 16.9 Å². The molecule has 2 aromatic rings. The van der Waals surface area contributed by atoms with E-state index in [0.29, 0.717) is 12.2 Å². The summed E-state index contributed by atoms with van der Waals surface area (Å²) < 4.78 is 11.7. The Kier molecular flexibility index (Phi) is 3.91. The van der Waals surface area contributed by atoms with Crippen LogP contribution in [0.5, 0.6) is 11.5 Å². The summed E-state index contributed by atoms with van der Waals surface area (Å²) in [7, 11) is 0. The van der Waals surface area contributed by atoms with Crippen LogP contribution in [0.3, 0.4) is 0 Å². The smallest absolute Gasteiger partial charge is 0.387 e. The third kappa shape index (κ3) is 2.51. The van der Waals surface area contributed by atoms with Gasteiger partial charge in [0.15, 0.2) is 11.5 Å². The van der Waals surface area contributed by atoms with Gasteiger partial charge in [0.2, 0.25) is 5.78 Å². The third-order valence-electron chi connectivity index (χ3n) is 3.28. The molecule has 0 saturated carbocycles. The highest BCUT2D eigenvalue weighted by atomic mass is 35.5. The van der Waals surface area contributed by atoms with E-state index in [1.807, 2.05) is 6.92 Å². The van der Waals surface area contributed by atoms with Crippen LogP contribution in [-0.2, 0) is 11.3 Å². The largest absolute Gasteiger partial charge is 0.476 e. The Morgan fingerprint density at radius 2 is 2.09 bits per heavy atom. The third-order valence-corrected chi connectivity index (χ3v) is 4.13. The Bertz CT molecular complexity index is 818. The average Bonchev–Trinajstić information content (AvgIpc) is 3.16. The molecule has 0 amide bonds. The van der Waals surface area contributed by atoms with Crippen molar-refractivity contribution in [3.63, 3.8) is 0 Å². The van der Waals surface area contributed by atoms with Gasteiger partial charge in [-0.15, -0.1) is 0 Å². The molecule has 0 saturated heterocycles. The summed E-state index contributed by atoms with van der Waals surface area (Å²) in [5.74, 6) is -1.66. The zero-order valence-corrected chi connectivity index (χ0v) is 13.3. The molecular formula is C14H10Cl2N2O5. The predicted octanol–water partition coefficient (Wildman–Crippen LogP) is 2.62. The number of aliphatic carboxylic acids is 1. The van der Waals surface area contributed by atoms with Crippen LogP contribution in [0, 0.1) is 0 Å². The van der Waals surface area contributed by atoms with Gasteiger partial charge in [-0.3, -0.25) is 9.48 Å². The first kappa shape index (κ1) is 15.6. The fourth-order valence-corrected chi connectivity index (χ4v) is 2.68. The van der Waals surface area contributed by atoms with Gasteiger partial charge >= 0.3 is 12.3 Å². The van der Waals surface area contributed by atoms with E-state index >= 15 is 0 Å². The maximum atomic E-state index is 12.7. The lowest BCUT2D eigenvalue weighted by Crippen LogP contribution is -2.28. The van der Waals surface area contributed by atoms with Crippen LogP contribution in [0.1, 0.15) is 23.0 Å². The number of benzene rings is 1. The lowest BCUT2D eigenvalue weighted by molar-refractivity contribution is -0.154. The summed E-state index contributed by atoms with van der Waals surface area (Å²) in [5, 5.41) is 12.9. The Balaban J connectivity index is 2.06. The summed E-state index contributed by atoms with van der Waals surface area (Å²) in [5.41, 5.74) is 0.416. The number of rotatable bonds is 4. The molecule has 3 rings (SSSR count). The number of carboxylic acids is 1. The molecule has 1 aromatic heterocycles. The molecule has 0 spiro atoms. The second-order valence-corrected chi connectivity index (χ2v) is 5.40. The van der Waals surface area contributed by atoms with Crippen LogP contribution >= 0.6 is 23.2 Å². The maximum Gasteiger partial charge on any atom is 0.387 e. The van der Waals surface area contributed by atoms with Gasteiger partial charge in [-0.05, 0) is 19.1 Å². The summed E-state index contributed by atoms with van der Waals surface area (Å²) in [6.45, 7) is 2.35. The number of nitrogens with zero attached hydrogens (tertiary/aromatic N) is 2. The van der Waals surface area contributed by atoms with Gasteiger partial charge in [-0.25, -0.2) is 4.79 Å². The van der Waals surface area contributed by atoms with E-state index < -0.39 is 18.0 Å². The van der Waals surface area contributed by atoms with Crippen molar-refractivity contribution in [1.29, 1.82) is 0 Å². The molecule has 1 aliphatic rings. The molecule has 0 fully saturated rings. The van der Waals surface area contributed by atoms with Crippen molar-refractivity contribution in [2.24, 2.45) is 0 Å². The number of hydrogen-bond donors (Lipinski definition) is 1. The Morgan fingerprint density at radius 1 is 1.35 bits per heavy atom. The van der Waals surface area contributed by atoms with Crippen LogP contribution in [0.4, 0.5) is 0 Å². The lowest BCUT2D eigenvalue weighted by Gasteiger charge is -2.09. The average molecular weight is 357 g/mol. The molecule has 1 aliphatic heterocycles. The number of carbonyl (C=O) groups is 2. The van der Waals surface area contributed by atoms with Gasteiger partial charge < -0.3 is 14.6 Å². The molecule has 120 valence electrons. The molecule has 9 heteroatoms. The van der Waals surface area contributed by atoms with Crippen molar-refractivity contribution >= 4 is 35.0 Å². The minimum Gasteiger partial charge on any atom is -0.476 e. The second kappa shape index (κ2) is 5.75. The highest BCUT2D eigenvalue weighted by Crippen LogP contribution is 2.46. The molecule has 0 radical (unpaired) electrons. The van der Waals surface area contributed by atoms with E-state index in [2.05, 4.69) is 5.10 Å². The fraction of sp³-hybridized carbons (Fsp3) is 0.214. The first-order chi connectivity index (χ1) is 10.9. The Labute approximate surface area is 140 Å². The van der Waals surface area contributed by atoms with Crippen LogP contribution < -0.4 is 9.47 Å². The number of aromatic nitrogens is 2.